The van der Waals surface area contributed by atoms with Gasteiger partial charge in [0.05, 0.1) is 18.2 Å². The van der Waals surface area contributed by atoms with Crippen LogP contribution < -0.4 is 10.1 Å². The minimum absolute atomic E-state index is 0.337. The summed E-state index contributed by atoms with van der Waals surface area (Å²) in [6, 6.07) is 13.5. The molecule has 0 spiro atoms. The Morgan fingerprint density at radius 3 is 2.61 bits per heavy atom. The van der Waals surface area contributed by atoms with Crippen LogP contribution in [0.1, 0.15) is 30.9 Å². The molecule has 0 aliphatic rings. The highest BCUT2D eigenvalue weighted by atomic mass is 19.4. The SMILES string of the molecule is CCCN(CCCNc1ccnc2cc(C(F)(F)F)ccc12)Cc1ccccc1OC. The number of hydrogen-bond donors (Lipinski definition) is 1. The number of para-hydroxylation sites is 1. The van der Waals surface area contributed by atoms with Gasteiger partial charge in [-0.2, -0.15) is 13.2 Å². The number of pyridine rings is 1. The van der Waals surface area contributed by atoms with Crippen molar-refractivity contribution in [3.05, 3.63) is 65.9 Å². The second-order valence-electron chi connectivity index (χ2n) is 7.46. The molecule has 0 aliphatic heterocycles. The van der Waals surface area contributed by atoms with Crippen molar-refractivity contribution in [2.24, 2.45) is 0 Å². The largest absolute Gasteiger partial charge is 0.496 e. The van der Waals surface area contributed by atoms with Gasteiger partial charge < -0.3 is 10.1 Å². The lowest BCUT2D eigenvalue weighted by Crippen LogP contribution is -2.27. The first kappa shape index (κ1) is 22.9. The summed E-state index contributed by atoms with van der Waals surface area (Å²) in [6.45, 7) is 5.57. The smallest absolute Gasteiger partial charge is 0.416 e. The summed E-state index contributed by atoms with van der Waals surface area (Å²) in [5.74, 6) is 0.892. The summed E-state index contributed by atoms with van der Waals surface area (Å²) in [4.78, 5) is 6.49. The van der Waals surface area contributed by atoms with E-state index in [-0.39, 0.29) is 0 Å². The number of halogens is 3. The Labute approximate surface area is 181 Å². The molecule has 7 heteroatoms. The van der Waals surface area contributed by atoms with Crippen LogP contribution in [-0.4, -0.2) is 36.6 Å². The fourth-order valence-corrected chi connectivity index (χ4v) is 3.66. The van der Waals surface area contributed by atoms with Gasteiger partial charge in [-0.05, 0) is 43.7 Å². The standard InChI is InChI=1S/C24H28F3N3O/c1-3-14-30(17-18-7-4-5-8-23(18)31-2)15-6-12-28-21-11-13-29-22-16-19(24(25,26)27)9-10-20(21)22/h4-5,7-11,13,16H,3,6,12,14-15,17H2,1-2H3,(H,28,29). The highest BCUT2D eigenvalue weighted by Gasteiger charge is 2.30. The van der Waals surface area contributed by atoms with Crippen LogP contribution >= 0.6 is 0 Å². The van der Waals surface area contributed by atoms with Gasteiger partial charge in [0.2, 0.25) is 0 Å². The van der Waals surface area contributed by atoms with Crippen molar-refractivity contribution in [2.45, 2.75) is 32.5 Å². The van der Waals surface area contributed by atoms with Crippen LogP contribution in [0, 0.1) is 0 Å². The van der Waals surface area contributed by atoms with Gasteiger partial charge in [-0.1, -0.05) is 31.2 Å². The molecule has 1 N–H and O–H groups in total. The summed E-state index contributed by atoms with van der Waals surface area (Å²) in [6.07, 6.45) is -0.877. The first-order valence-electron chi connectivity index (χ1n) is 10.5. The van der Waals surface area contributed by atoms with Crippen LogP contribution in [-0.2, 0) is 12.7 Å². The predicted molar refractivity (Wildman–Crippen MR) is 118 cm³/mol. The van der Waals surface area contributed by atoms with Gasteiger partial charge in [0.1, 0.15) is 5.75 Å². The summed E-state index contributed by atoms with van der Waals surface area (Å²) in [5, 5.41) is 4.05. The maximum absolute atomic E-state index is 13.0. The lowest BCUT2D eigenvalue weighted by Gasteiger charge is -2.23. The van der Waals surface area contributed by atoms with Crippen molar-refractivity contribution in [1.29, 1.82) is 0 Å². The molecule has 0 unspecified atom stereocenters. The third-order valence-corrected chi connectivity index (χ3v) is 5.16. The molecule has 0 radical (unpaired) electrons. The summed E-state index contributed by atoms with van der Waals surface area (Å²) in [5.41, 5.74) is 1.61. The number of ether oxygens (including phenoxy) is 1. The molecule has 0 amide bonds. The number of nitrogens with zero attached hydrogens (tertiary/aromatic N) is 2. The van der Waals surface area contributed by atoms with E-state index in [0.29, 0.717) is 17.4 Å². The van der Waals surface area contributed by atoms with Gasteiger partial charge in [0.15, 0.2) is 0 Å². The lowest BCUT2D eigenvalue weighted by molar-refractivity contribution is -0.137. The van der Waals surface area contributed by atoms with Gasteiger partial charge in [0.25, 0.3) is 0 Å². The van der Waals surface area contributed by atoms with Crippen LogP contribution in [0.4, 0.5) is 18.9 Å². The Morgan fingerprint density at radius 2 is 1.87 bits per heavy atom. The van der Waals surface area contributed by atoms with Crippen LogP contribution in [0.5, 0.6) is 5.75 Å². The molecule has 1 heterocycles. The van der Waals surface area contributed by atoms with Crippen LogP contribution in [0.15, 0.2) is 54.7 Å². The Balaban J connectivity index is 1.60. The number of anilines is 1. The summed E-state index contributed by atoms with van der Waals surface area (Å²) < 4.78 is 44.3. The quantitative estimate of drug-likeness (QED) is 0.401. The summed E-state index contributed by atoms with van der Waals surface area (Å²) in [7, 11) is 1.68. The molecule has 31 heavy (non-hydrogen) atoms. The van der Waals surface area contributed by atoms with Gasteiger partial charge in [0, 0.05) is 42.5 Å². The number of benzene rings is 2. The number of nitrogens with one attached hydrogen (secondary N) is 1. The molecule has 2 aromatic carbocycles. The van der Waals surface area contributed by atoms with E-state index in [1.807, 2.05) is 18.2 Å². The van der Waals surface area contributed by atoms with Gasteiger partial charge in [-0.15, -0.1) is 0 Å². The fraction of sp³-hybridized carbons (Fsp3) is 0.375. The predicted octanol–water partition coefficient (Wildman–Crippen LogP) is 5.98. The van der Waals surface area contributed by atoms with Gasteiger partial charge in [-0.3, -0.25) is 9.88 Å². The molecule has 166 valence electrons. The topological polar surface area (TPSA) is 37.4 Å². The third kappa shape index (κ3) is 6.10. The number of rotatable bonds is 10. The lowest BCUT2D eigenvalue weighted by atomic mass is 10.1. The highest BCUT2D eigenvalue weighted by molar-refractivity contribution is 5.91. The molecule has 1 aromatic heterocycles. The molecule has 0 saturated carbocycles. The molecule has 3 aromatic rings. The summed E-state index contributed by atoms with van der Waals surface area (Å²) >= 11 is 0. The normalized spacial score (nSPS) is 11.8. The van der Waals surface area contributed by atoms with Crippen molar-refractivity contribution < 1.29 is 17.9 Å². The molecular weight excluding hydrogens is 403 g/mol. The maximum atomic E-state index is 13.0. The van der Waals surface area contributed by atoms with Crippen molar-refractivity contribution in [2.75, 3.05) is 32.1 Å². The monoisotopic (exact) mass is 431 g/mol. The fourth-order valence-electron chi connectivity index (χ4n) is 3.66. The first-order valence-corrected chi connectivity index (χ1v) is 10.5. The molecule has 4 nitrogen and oxygen atoms in total. The Bertz CT molecular complexity index is 991. The van der Waals surface area contributed by atoms with E-state index in [9.17, 15) is 13.2 Å². The van der Waals surface area contributed by atoms with Crippen LogP contribution in [0.2, 0.25) is 0 Å². The van der Waals surface area contributed by atoms with Crippen molar-refractivity contribution in [3.8, 4) is 5.75 Å². The van der Waals surface area contributed by atoms with Crippen molar-refractivity contribution >= 4 is 16.6 Å². The molecule has 0 bridgehead atoms. The number of hydrogen-bond acceptors (Lipinski definition) is 4. The van der Waals surface area contributed by atoms with Gasteiger partial charge in [-0.25, -0.2) is 0 Å². The molecular formula is C24H28F3N3O. The van der Waals surface area contributed by atoms with Crippen LogP contribution in [0.3, 0.4) is 0 Å². The maximum Gasteiger partial charge on any atom is 0.416 e. The minimum atomic E-state index is -4.37. The minimum Gasteiger partial charge on any atom is -0.496 e. The average molecular weight is 432 g/mol. The number of fused-ring (bicyclic) bond motifs is 1. The zero-order chi connectivity index (χ0) is 22.3. The number of methoxy groups -OCH3 is 1. The van der Waals surface area contributed by atoms with E-state index in [2.05, 4.69) is 28.2 Å². The molecule has 3 rings (SSSR count). The second kappa shape index (κ2) is 10.5. The van der Waals surface area contributed by atoms with Crippen molar-refractivity contribution in [1.82, 2.24) is 9.88 Å². The molecule has 0 aliphatic carbocycles. The van der Waals surface area contributed by atoms with E-state index in [1.165, 1.54) is 12.3 Å². The average Bonchev–Trinajstić information content (AvgIpc) is 2.76. The van der Waals surface area contributed by atoms with E-state index in [1.54, 1.807) is 13.2 Å². The number of alkyl halides is 3. The van der Waals surface area contributed by atoms with E-state index in [0.717, 1.165) is 61.6 Å². The second-order valence-corrected chi connectivity index (χ2v) is 7.46. The molecule has 0 atom stereocenters. The Hall–Kier alpha value is -2.80. The molecule has 0 saturated heterocycles. The zero-order valence-corrected chi connectivity index (χ0v) is 17.9. The Kier molecular flexibility index (Phi) is 7.74. The Morgan fingerprint density at radius 1 is 1.06 bits per heavy atom. The molecule has 0 fully saturated rings. The zero-order valence-electron chi connectivity index (χ0n) is 17.9. The van der Waals surface area contributed by atoms with Gasteiger partial charge >= 0.3 is 6.18 Å². The highest BCUT2D eigenvalue weighted by Crippen LogP contribution is 2.32. The van der Waals surface area contributed by atoms with E-state index < -0.39 is 11.7 Å². The number of aromatic nitrogens is 1. The van der Waals surface area contributed by atoms with Crippen LogP contribution in [0.25, 0.3) is 10.9 Å². The third-order valence-electron chi connectivity index (χ3n) is 5.16. The van der Waals surface area contributed by atoms with E-state index in [4.69, 9.17) is 4.74 Å². The van der Waals surface area contributed by atoms with E-state index >= 15 is 0 Å². The first-order chi connectivity index (χ1) is 14.9. The van der Waals surface area contributed by atoms with Crippen molar-refractivity contribution in [3.63, 3.8) is 0 Å².